The molecule has 0 saturated heterocycles. The molecule has 0 aromatic heterocycles. The van der Waals surface area contributed by atoms with Crippen molar-refractivity contribution in [1.29, 1.82) is 0 Å². The van der Waals surface area contributed by atoms with E-state index in [-0.39, 0.29) is 0 Å². The maximum atomic E-state index is 2.64. The quantitative estimate of drug-likeness (QED) is 0.402. The average Bonchev–Trinajstić information content (AvgIpc) is 1.85. The molecular weight excluding hydrogens is 513 g/mol. The first kappa shape index (κ1) is 11.2. The van der Waals surface area contributed by atoms with Crippen molar-refractivity contribution in [2.75, 3.05) is 0 Å². The van der Waals surface area contributed by atoms with Crippen LogP contribution in [-0.4, -0.2) is 0 Å². The normalized spacial score (nSPS) is 11.5. The maximum absolute atomic E-state index is 2.64. The number of hydrogen-bond acceptors (Lipinski definition) is 0. The van der Waals surface area contributed by atoms with E-state index in [0.717, 1.165) is 0 Å². The molecule has 0 saturated carbocycles. The summed E-state index contributed by atoms with van der Waals surface area (Å²) < 4.78 is 1.31. The Balaban J connectivity index is 2.66. The van der Waals surface area contributed by atoms with Crippen molar-refractivity contribution < 1.29 is 5.34 Å². The van der Waals surface area contributed by atoms with Gasteiger partial charge in [0.2, 0.25) is 0 Å². The topological polar surface area (TPSA) is 0 Å². The third-order valence-electron chi connectivity index (χ3n) is 1.25. The molecular formula is C7H7I3Ti. The van der Waals surface area contributed by atoms with E-state index in [1.165, 1.54) is 10.3 Å². The van der Waals surface area contributed by atoms with Gasteiger partial charge >= 0.3 is 104 Å². The Morgan fingerprint density at radius 1 is 1.00 bits per heavy atom. The molecule has 0 aliphatic heterocycles. The predicted molar refractivity (Wildman–Crippen MR) is 72.2 cm³/mol. The molecule has 0 unspecified atom stereocenters. The molecule has 0 atom stereocenters. The minimum absolute atomic E-state index is 1.31. The molecule has 0 radical (unpaired) electrons. The van der Waals surface area contributed by atoms with Gasteiger partial charge in [-0.05, 0) is 0 Å². The van der Waals surface area contributed by atoms with Crippen molar-refractivity contribution in [3.8, 4) is 0 Å². The van der Waals surface area contributed by atoms with Gasteiger partial charge in [-0.2, -0.15) is 0 Å². The first-order valence-electron chi connectivity index (χ1n) is 3.18. The number of halogens is 3. The molecule has 0 nitrogen and oxygen atoms in total. The zero-order chi connectivity index (χ0) is 8.32. The molecule has 0 amide bonds. The number of benzene rings is 1. The summed E-state index contributed by atoms with van der Waals surface area (Å²) in [6, 6.07) is 10.7. The van der Waals surface area contributed by atoms with Gasteiger partial charge in [-0.15, -0.1) is 0 Å². The standard InChI is InChI=1S/C7H7.3HI.Ti/c1-7-5-3-2-4-6-7;;;;/h2-6H,1H2;3*1H;/q;;;;+3/p-3. The summed E-state index contributed by atoms with van der Waals surface area (Å²) in [5, 5.41) is -1.44. The van der Waals surface area contributed by atoms with Crippen LogP contribution in [0.1, 0.15) is 5.56 Å². The van der Waals surface area contributed by atoms with Crippen LogP contribution in [0.4, 0.5) is 0 Å². The number of rotatable bonds is 2. The minimum atomic E-state index is -1.44. The second kappa shape index (κ2) is 5.12. The molecule has 1 aromatic carbocycles. The van der Waals surface area contributed by atoms with Crippen molar-refractivity contribution in [3.05, 3.63) is 35.9 Å². The van der Waals surface area contributed by atoms with Crippen molar-refractivity contribution in [2.24, 2.45) is 0 Å². The monoisotopic (exact) mass is 520 g/mol. The predicted octanol–water partition coefficient (Wildman–Crippen LogP) is 4.39. The fraction of sp³-hybridized carbons (Fsp3) is 0.143. The molecule has 0 N–H and O–H groups in total. The molecule has 0 fully saturated rings. The summed E-state index contributed by atoms with van der Waals surface area (Å²) in [4.78, 5) is 0. The Kier molecular flexibility index (Phi) is 5.21. The molecule has 0 bridgehead atoms. The van der Waals surface area contributed by atoms with Gasteiger partial charge in [-0.1, -0.05) is 0 Å². The van der Waals surface area contributed by atoms with Crippen molar-refractivity contribution in [2.45, 2.75) is 4.73 Å². The first-order valence-corrected chi connectivity index (χ1v) is 19.4. The van der Waals surface area contributed by atoms with Crippen LogP contribution in [0.5, 0.6) is 0 Å². The van der Waals surface area contributed by atoms with Crippen LogP contribution in [0.15, 0.2) is 30.3 Å². The third-order valence-corrected chi connectivity index (χ3v) is 7.23. The van der Waals surface area contributed by atoms with Crippen molar-refractivity contribution >= 4 is 57.6 Å². The van der Waals surface area contributed by atoms with Crippen LogP contribution in [0.25, 0.3) is 0 Å². The Labute approximate surface area is 101 Å². The van der Waals surface area contributed by atoms with Gasteiger partial charge in [0.25, 0.3) is 0 Å². The van der Waals surface area contributed by atoms with E-state index >= 15 is 0 Å². The molecule has 1 rings (SSSR count). The summed E-state index contributed by atoms with van der Waals surface area (Å²) in [5.74, 6) is 0. The van der Waals surface area contributed by atoms with Crippen LogP contribution < -0.4 is 0 Å². The van der Waals surface area contributed by atoms with Gasteiger partial charge in [-0.3, -0.25) is 0 Å². The summed E-state index contributed by atoms with van der Waals surface area (Å²) >= 11 is 7.92. The van der Waals surface area contributed by atoms with E-state index in [0.29, 0.717) is 0 Å². The van der Waals surface area contributed by atoms with Crippen LogP contribution in [0.3, 0.4) is 0 Å². The fourth-order valence-corrected chi connectivity index (χ4v) is 7.37. The first-order chi connectivity index (χ1) is 5.08. The zero-order valence-corrected chi connectivity index (χ0v) is 13.8. The van der Waals surface area contributed by atoms with E-state index in [4.69, 9.17) is 0 Å². The Bertz CT molecular complexity index is 217. The zero-order valence-electron chi connectivity index (χ0n) is 5.73. The molecule has 0 aliphatic rings. The van der Waals surface area contributed by atoms with E-state index in [9.17, 15) is 0 Å². The summed E-state index contributed by atoms with van der Waals surface area (Å²) in [6.45, 7) is 0. The van der Waals surface area contributed by atoms with Gasteiger partial charge < -0.3 is 0 Å². The van der Waals surface area contributed by atoms with Crippen LogP contribution in [0, 0.1) is 0 Å². The van der Waals surface area contributed by atoms with E-state index in [1.54, 1.807) is 0 Å². The Morgan fingerprint density at radius 3 is 2.00 bits per heavy atom. The number of hydrogen-bond donors (Lipinski definition) is 0. The molecule has 0 heterocycles. The van der Waals surface area contributed by atoms with Crippen LogP contribution in [0.2, 0.25) is 0 Å². The van der Waals surface area contributed by atoms with Gasteiger partial charge in [0.1, 0.15) is 0 Å². The van der Waals surface area contributed by atoms with Crippen molar-refractivity contribution in [1.82, 2.24) is 0 Å². The Hall–Kier alpha value is 2.12. The fourth-order valence-electron chi connectivity index (χ4n) is 0.827. The van der Waals surface area contributed by atoms with E-state index in [2.05, 4.69) is 87.9 Å². The third kappa shape index (κ3) is 5.43. The summed E-state index contributed by atoms with van der Waals surface area (Å²) in [5.41, 5.74) is 1.49. The molecule has 0 aliphatic carbocycles. The molecule has 60 valence electrons. The average molecular weight is 520 g/mol. The second-order valence-corrected chi connectivity index (χ2v) is 53.1. The van der Waals surface area contributed by atoms with E-state index in [1.807, 2.05) is 0 Å². The van der Waals surface area contributed by atoms with Gasteiger partial charge in [0.05, 0.1) is 0 Å². The second-order valence-electron chi connectivity index (χ2n) is 2.28. The van der Waals surface area contributed by atoms with Gasteiger partial charge in [0.15, 0.2) is 0 Å². The molecule has 11 heavy (non-hydrogen) atoms. The summed E-state index contributed by atoms with van der Waals surface area (Å²) in [6.07, 6.45) is 0. The molecule has 0 spiro atoms. The van der Waals surface area contributed by atoms with E-state index < -0.39 is 5.34 Å². The van der Waals surface area contributed by atoms with Crippen LogP contribution >= 0.6 is 57.6 Å². The van der Waals surface area contributed by atoms with Gasteiger partial charge in [-0.25, -0.2) is 0 Å². The van der Waals surface area contributed by atoms with Crippen LogP contribution in [-0.2, 0) is 10.1 Å². The molecule has 1 aromatic rings. The van der Waals surface area contributed by atoms with Gasteiger partial charge in [0, 0.05) is 0 Å². The SMILES string of the molecule is [I][Ti]([I])([I])[CH2]c1ccccc1. The Morgan fingerprint density at radius 2 is 1.55 bits per heavy atom. The summed E-state index contributed by atoms with van der Waals surface area (Å²) in [7, 11) is 0. The van der Waals surface area contributed by atoms with Crippen molar-refractivity contribution in [3.63, 3.8) is 0 Å². The molecule has 4 heteroatoms.